The minimum atomic E-state index is -0.230. The minimum Gasteiger partial charge on any atom is -0.369 e. The van der Waals surface area contributed by atoms with Gasteiger partial charge in [0, 0.05) is 4.87 Å². The number of nitrogens with two attached hydrogens (primary N) is 1. The van der Waals surface area contributed by atoms with Crippen LogP contribution in [0.25, 0.3) is 0 Å². The second-order valence-electron chi connectivity index (χ2n) is 5.76. The molecule has 3 heteroatoms. The molecule has 0 aliphatic heterocycles. The molecular weight excluding hydrogens is 198 g/mol. The van der Waals surface area contributed by atoms with Gasteiger partial charge in [0.25, 0.3) is 0 Å². The van der Waals surface area contributed by atoms with Crippen molar-refractivity contribution in [1.29, 1.82) is 0 Å². The molecule has 0 radical (unpaired) electrons. The maximum Gasteiger partial charge on any atom is 0.223 e. The van der Waals surface area contributed by atoms with Crippen molar-refractivity contribution in [3.05, 3.63) is 0 Å². The van der Waals surface area contributed by atoms with E-state index in [-0.39, 0.29) is 16.2 Å². The van der Waals surface area contributed by atoms with E-state index < -0.39 is 0 Å². The van der Waals surface area contributed by atoms with Gasteiger partial charge in [-0.25, -0.2) is 0 Å². The van der Waals surface area contributed by atoms with Crippen molar-refractivity contribution < 1.29 is 4.79 Å². The number of primary amides is 1. The molecule has 78 valence electrons. The highest BCUT2D eigenvalue weighted by molar-refractivity contribution is 6.24. The zero-order chi connectivity index (χ0) is 9.97. The summed E-state index contributed by atoms with van der Waals surface area (Å²) in [6.07, 6.45) is 6.36. The smallest absolute Gasteiger partial charge is 0.223 e. The molecule has 4 bridgehead atoms. The predicted molar refractivity (Wildman–Crippen MR) is 54.9 cm³/mol. The first kappa shape index (κ1) is 9.02. The van der Waals surface area contributed by atoms with E-state index in [4.69, 9.17) is 17.3 Å². The topological polar surface area (TPSA) is 43.1 Å². The molecule has 0 heterocycles. The lowest BCUT2D eigenvalue weighted by Crippen LogP contribution is -2.57. The van der Waals surface area contributed by atoms with Gasteiger partial charge >= 0.3 is 0 Å². The third-order valence-electron chi connectivity index (χ3n) is 4.51. The Bertz CT molecular complexity index is 288. The molecular formula is C11H16ClNO. The monoisotopic (exact) mass is 213 g/mol. The molecule has 4 fully saturated rings. The minimum absolute atomic E-state index is 0.0842. The third-order valence-corrected chi connectivity index (χ3v) is 4.95. The third kappa shape index (κ3) is 1.06. The quantitative estimate of drug-likeness (QED) is 0.666. The molecule has 0 saturated heterocycles. The number of hydrogen-bond donors (Lipinski definition) is 1. The van der Waals surface area contributed by atoms with Crippen LogP contribution < -0.4 is 5.73 Å². The maximum atomic E-state index is 11.6. The Morgan fingerprint density at radius 3 is 2.21 bits per heavy atom. The molecule has 0 spiro atoms. The zero-order valence-corrected chi connectivity index (χ0v) is 9.02. The molecule has 0 unspecified atom stereocenters. The molecule has 2 atom stereocenters. The number of rotatable bonds is 1. The van der Waals surface area contributed by atoms with Gasteiger partial charge in [-0.2, -0.15) is 0 Å². The highest BCUT2D eigenvalue weighted by Crippen LogP contribution is 2.63. The van der Waals surface area contributed by atoms with Gasteiger partial charge in [-0.15, -0.1) is 11.6 Å². The number of carbonyl (C=O) groups is 1. The SMILES string of the molecule is NC(=O)C12C[C@@H]3C[C@H](CC(Cl)(C3)C1)C2. The Kier molecular flexibility index (Phi) is 1.59. The molecule has 2 nitrogen and oxygen atoms in total. The summed E-state index contributed by atoms with van der Waals surface area (Å²) in [5.74, 6) is 1.24. The van der Waals surface area contributed by atoms with E-state index in [0.29, 0.717) is 11.8 Å². The number of carbonyl (C=O) groups excluding carboxylic acids is 1. The van der Waals surface area contributed by atoms with E-state index in [1.54, 1.807) is 0 Å². The predicted octanol–water partition coefficient (Wildman–Crippen LogP) is 2.05. The Morgan fingerprint density at radius 1 is 1.21 bits per heavy atom. The van der Waals surface area contributed by atoms with E-state index in [0.717, 1.165) is 32.1 Å². The van der Waals surface area contributed by atoms with Crippen molar-refractivity contribution in [1.82, 2.24) is 0 Å². The lowest BCUT2D eigenvalue weighted by Gasteiger charge is -2.58. The van der Waals surface area contributed by atoms with Crippen LogP contribution in [0.15, 0.2) is 0 Å². The van der Waals surface area contributed by atoms with Crippen LogP contribution in [-0.4, -0.2) is 10.8 Å². The first-order chi connectivity index (χ1) is 6.51. The standard InChI is InChI=1S/C11H16ClNO/c12-11-4-7-1-8(5-11)3-10(2-7,6-11)9(13)14/h7-8H,1-6H2,(H2,13,14)/t7-,8-,10?,11?/m0/s1. The molecule has 14 heavy (non-hydrogen) atoms. The van der Waals surface area contributed by atoms with Crippen LogP contribution >= 0.6 is 11.6 Å². The van der Waals surface area contributed by atoms with Gasteiger partial charge in [0.1, 0.15) is 0 Å². The molecule has 0 aromatic rings. The number of alkyl halides is 1. The maximum absolute atomic E-state index is 11.6. The summed E-state index contributed by atoms with van der Waals surface area (Å²) in [7, 11) is 0. The van der Waals surface area contributed by atoms with Crippen LogP contribution in [0.2, 0.25) is 0 Å². The first-order valence-corrected chi connectivity index (χ1v) is 5.88. The molecule has 4 rings (SSSR count). The summed E-state index contributed by atoms with van der Waals surface area (Å²) in [6.45, 7) is 0. The highest BCUT2D eigenvalue weighted by Gasteiger charge is 2.59. The van der Waals surface area contributed by atoms with Gasteiger partial charge in [0.05, 0.1) is 5.41 Å². The molecule has 0 aromatic heterocycles. The van der Waals surface area contributed by atoms with Gasteiger partial charge in [0.2, 0.25) is 5.91 Å². The second-order valence-corrected chi connectivity index (χ2v) is 6.56. The van der Waals surface area contributed by atoms with Crippen molar-refractivity contribution in [2.75, 3.05) is 0 Å². The fourth-order valence-electron chi connectivity index (χ4n) is 4.44. The fraction of sp³-hybridized carbons (Fsp3) is 0.909. The van der Waals surface area contributed by atoms with Crippen LogP contribution in [0.1, 0.15) is 38.5 Å². The molecule has 1 amide bonds. The summed E-state index contributed by atoms with van der Waals surface area (Å²) in [5, 5.41) is 0. The van der Waals surface area contributed by atoms with E-state index >= 15 is 0 Å². The molecule has 4 saturated carbocycles. The van der Waals surface area contributed by atoms with Crippen LogP contribution in [-0.2, 0) is 4.79 Å². The van der Waals surface area contributed by atoms with Crippen molar-refractivity contribution in [2.24, 2.45) is 23.0 Å². The van der Waals surface area contributed by atoms with E-state index in [2.05, 4.69) is 0 Å². The van der Waals surface area contributed by atoms with Crippen molar-refractivity contribution in [3.63, 3.8) is 0 Å². The van der Waals surface area contributed by atoms with Crippen molar-refractivity contribution in [2.45, 2.75) is 43.4 Å². The zero-order valence-electron chi connectivity index (χ0n) is 8.26. The van der Waals surface area contributed by atoms with Crippen LogP contribution in [0.4, 0.5) is 0 Å². The summed E-state index contributed by atoms with van der Waals surface area (Å²) in [4.78, 5) is 11.5. The van der Waals surface area contributed by atoms with Gasteiger partial charge in [-0.05, 0) is 50.4 Å². The summed E-state index contributed by atoms with van der Waals surface area (Å²) < 4.78 is 0. The van der Waals surface area contributed by atoms with Gasteiger partial charge < -0.3 is 5.73 Å². The Balaban J connectivity index is 2.00. The molecule has 4 aliphatic carbocycles. The van der Waals surface area contributed by atoms with E-state index in [1.165, 1.54) is 6.42 Å². The van der Waals surface area contributed by atoms with Gasteiger partial charge in [-0.1, -0.05) is 0 Å². The summed E-state index contributed by atoms with van der Waals surface area (Å²) >= 11 is 6.56. The molecule has 4 aliphatic rings. The Hall–Kier alpha value is -0.240. The van der Waals surface area contributed by atoms with Gasteiger partial charge in [0.15, 0.2) is 0 Å². The molecule has 0 aromatic carbocycles. The van der Waals surface area contributed by atoms with Crippen molar-refractivity contribution in [3.8, 4) is 0 Å². The van der Waals surface area contributed by atoms with Crippen LogP contribution in [0.5, 0.6) is 0 Å². The normalized spacial score (nSPS) is 54.9. The van der Waals surface area contributed by atoms with Crippen molar-refractivity contribution >= 4 is 17.5 Å². The largest absolute Gasteiger partial charge is 0.369 e. The van der Waals surface area contributed by atoms with Gasteiger partial charge in [-0.3, -0.25) is 4.79 Å². The summed E-state index contributed by atoms with van der Waals surface area (Å²) in [6, 6.07) is 0. The highest BCUT2D eigenvalue weighted by atomic mass is 35.5. The first-order valence-electron chi connectivity index (χ1n) is 5.50. The summed E-state index contributed by atoms with van der Waals surface area (Å²) in [5.41, 5.74) is 5.32. The van der Waals surface area contributed by atoms with E-state index in [9.17, 15) is 4.79 Å². The Morgan fingerprint density at radius 2 is 1.79 bits per heavy atom. The van der Waals surface area contributed by atoms with Crippen LogP contribution in [0, 0.1) is 17.3 Å². The fourth-order valence-corrected chi connectivity index (χ4v) is 5.13. The second kappa shape index (κ2) is 2.46. The number of amides is 1. The molecule has 2 N–H and O–H groups in total. The van der Waals surface area contributed by atoms with Crippen LogP contribution in [0.3, 0.4) is 0 Å². The lowest BCUT2D eigenvalue weighted by atomic mass is 9.49. The average Bonchev–Trinajstić information content (AvgIpc) is 1.98. The van der Waals surface area contributed by atoms with E-state index in [1.807, 2.05) is 0 Å². The Labute approximate surface area is 89.2 Å². The number of hydrogen-bond acceptors (Lipinski definition) is 1. The average molecular weight is 214 g/mol. The lowest BCUT2D eigenvalue weighted by molar-refractivity contribution is -0.141. The number of halogens is 1.